The Labute approximate surface area is 186 Å². The lowest BCUT2D eigenvalue weighted by Gasteiger charge is -2.37. The van der Waals surface area contributed by atoms with Gasteiger partial charge in [-0.1, -0.05) is 18.8 Å². The molecule has 7 nitrogen and oxygen atoms in total. The molecule has 1 aliphatic carbocycles. The van der Waals surface area contributed by atoms with Gasteiger partial charge in [0.15, 0.2) is 0 Å². The van der Waals surface area contributed by atoms with Gasteiger partial charge < -0.3 is 19.8 Å². The third-order valence-electron chi connectivity index (χ3n) is 5.85. The van der Waals surface area contributed by atoms with E-state index in [0.717, 1.165) is 12.5 Å². The highest BCUT2D eigenvalue weighted by atomic mass is 32.2. The Morgan fingerprint density at radius 3 is 2.61 bits per heavy atom. The first-order valence-electron chi connectivity index (χ1n) is 10.9. The van der Waals surface area contributed by atoms with Crippen LogP contribution in [0.5, 0.6) is 5.75 Å². The summed E-state index contributed by atoms with van der Waals surface area (Å²) >= 11 is 0. The van der Waals surface area contributed by atoms with Crippen molar-refractivity contribution >= 4 is 10.0 Å². The minimum atomic E-state index is -3.86. The highest BCUT2D eigenvalue weighted by molar-refractivity contribution is 7.89. The number of sulfonamides is 1. The molecular weight excluding hydrogens is 416 g/mol. The molecule has 31 heavy (non-hydrogen) atoms. The van der Waals surface area contributed by atoms with Gasteiger partial charge in [0.1, 0.15) is 22.9 Å². The molecule has 1 aromatic rings. The van der Waals surface area contributed by atoms with E-state index in [1.165, 1.54) is 23.2 Å². The zero-order valence-electron chi connectivity index (χ0n) is 18.8. The topological polar surface area (TPSA) is 90.3 Å². The van der Waals surface area contributed by atoms with Crippen molar-refractivity contribution < 1.29 is 23.4 Å². The van der Waals surface area contributed by atoms with Crippen LogP contribution in [0.1, 0.15) is 39.2 Å². The Bertz CT molecular complexity index is 933. The average Bonchev–Trinajstić information content (AvgIpc) is 3.52. The normalized spacial score (nSPS) is 25.4. The van der Waals surface area contributed by atoms with E-state index in [1.807, 2.05) is 6.92 Å². The van der Waals surface area contributed by atoms with E-state index < -0.39 is 22.2 Å². The van der Waals surface area contributed by atoms with Crippen LogP contribution in [0.25, 0.3) is 0 Å². The van der Waals surface area contributed by atoms with Crippen LogP contribution in [0.2, 0.25) is 0 Å². The van der Waals surface area contributed by atoms with E-state index in [-0.39, 0.29) is 35.8 Å². The van der Waals surface area contributed by atoms with Gasteiger partial charge in [-0.2, -0.15) is 4.31 Å². The summed E-state index contributed by atoms with van der Waals surface area (Å²) in [4.78, 5) is 2.34. The smallest absolute Gasteiger partial charge is 0.247 e. The van der Waals surface area contributed by atoms with Crippen molar-refractivity contribution in [3.63, 3.8) is 0 Å². The lowest BCUT2D eigenvalue weighted by atomic mass is 10.0. The molecule has 0 unspecified atom stereocenters. The summed E-state index contributed by atoms with van der Waals surface area (Å²) in [5.74, 6) is 6.48. The van der Waals surface area contributed by atoms with Crippen LogP contribution < -0.4 is 4.74 Å². The summed E-state index contributed by atoms with van der Waals surface area (Å²) in [7, 11) is -1.79. The fraction of sp³-hybridized carbons (Fsp3) is 0.652. The summed E-state index contributed by atoms with van der Waals surface area (Å²) in [6.45, 7) is 6.98. The highest BCUT2D eigenvalue weighted by Crippen LogP contribution is 2.35. The van der Waals surface area contributed by atoms with E-state index in [2.05, 4.69) is 23.8 Å². The molecule has 0 saturated heterocycles. The quantitative estimate of drug-likeness (QED) is 0.639. The van der Waals surface area contributed by atoms with E-state index in [0.29, 0.717) is 12.1 Å². The van der Waals surface area contributed by atoms with Gasteiger partial charge in [-0.05, 0) is 57.9 Å². The molecule has 3 rings (SSSR count). The Kier molecular flexibility index (Phi) is 7.66. The molecular formula is C23H34N2O5S. The van der Waals surface area contributed by atoms with Crippen LogP contribution in [0.4, 0.5) is 0 Å². The highest BCUT2D eigenvalue weighted by Gasteiger charge is 2.38. The summed E-state index contributed by atoms with van der Waals surface area (Å²) in [6.07, 6.45) is 1.53. The fourth-order valence-corrected chi connectivity index (χ4v) is 5.66. The van der Waals surface area contributed by atoms with Gasteiger partial charge >= 0.3 is 0 Å². The van der Waals surface area contributed by atoms with Crippen molar-refractivity contribution in [3.05, 3.63) is 23.8 Å². The van der Waals surface area contributed by atoms with Gasteiger partial charge in [0.2, 0.25) is 10.0 Å². The second-order valence-electron chi connectivity index (χ2n) is 9.01. The first kappa shape index (κ1) is 24.0. The van der Waals surface area contributed by atoms with E-state index in [1.54, 1.807) is 26.0 Å². The number of hydrogen-bond donors (Lipinski definition) is 2. The SMILES string of the molecule is C[C@H](O)C#Cc1ccc2c(c1)O[C@H](CN(C)CC1CC1)[C@@H](C)CN([C@@H](C)CO)S2(=O)=O. The number of nitrogens with zero attached hydrogens (tertiary/aromatic N) is 2. The summed E-state index contributed by atoms with van der Waals surface area (Å²) < 4.78 is 34.6. The van der Waals surface area contributed by atoms with Crippen LogP contribution in [0.3, 0.4) is 0 Å². The second kappa shape index (κ2) is 9.88. The van der Waals surface area contributed by atoms with E-state index in [4.69, 9.17) is 4.74 Å². The van der Waals surface area contributed by atoms with Gasteiger partial charge in [0.05, 0.1) is 6.61 Å². The molecule has 0 radical (unpaired) electrons. The molecule has 1 heterocycles. The molecule has 0 bridgehead atoms. The van der Waals surface area contributed by atoms with Crippen molar-refractivity contribution in [1.82, 2.24) is 9.21 Å². The van der Waals surface area contributed by atoms with Crippen LogP contribution in [-0.2, 0) is 10.0 Å². The zero-order valence-corrected chi connectivity index (χ0v) is 19.6. The average molecular weight is 451 g/mol. The van der Waals surface area contributed by atoms with Crippen LogP contribution >= 0.6 is 0 Å². The van der Waals surface area contributed by atoms with Crippen molar-refractivity contribution in [2.24, 2.45) is 11.8 Å². The largest absolute Gasteiger partial charge is 0.487 e. The maximum atomic E-state index is 13.4. The van der Waals surface area contributed by atoms with Gasteiger partial charge in [-0.25, -0.2) is 8.42 Å². The van der Waals surface area contributed by atoms with Gasteiger partial charge in [0.25, 0.3) is 0 Å². The second-order valence-corrected chi connectivity index (χ2v) is 10.9. The molecule has 1 aromatic carbocycles. The number of ether oxygens (including phenoxy) is 1. The maximum Gasteiger partial charge on any atom is 0.247 e. The number of fused-ring (bicyclic) bond motifs is 1. The van der Waals surface area contributed by atoms with Crippen molar-refractivity contribution in [2.45, 2.75) is 56.8 Å². The molecule has 0 amide bonds. The molecule has 4 atom stereocenters. The van der Waals surface area contributed by atoms with Gasteiger partial charge in [0, 0.05) is 37.2 Å². The molecule has 0 spiro atoms. The Hall–Kier alpha value is -1.63. The first-order chi connectivity index (χ1) is 14.6. The zero-order chi connectivity index (χ0) is 22.8. The van der Waals surface area contributed by atoms with Gasteiger partial charge in [-0.15, -0.1) is 0 Å². The lowest BCUT2D eigenvalue weighted by Crippen LogP contribution is -2.49. The lowest BCUT2D eigenvalue weighted by molar-refractivity contribution is 0.0740. The summed E-state index contributed by atoms with van der Waals surface area (Å²) in [6, 6.07) is 4.22. The van der Waals surface area contributed by atoms with Crippen LogP contribution in [0, 0.1) is 23.7 Å². The van der Waals surface area contributed by atoms with Crippen LogP contribution in [-0.4, -0.2) is 79.4 Å². The number of aliphatic hydroxyl groups is 2. The predicted octanol–water partition coefficient (Wildman–Crippen LogP) is 1.53. The van der Waals surface area contributed by atoms with Crippen molar-refractivity contribution in [1.29, 1.82) is 0 Å². The monoisotopic (exact) mass is 450 g/mol. The standard InChI is InChI=1S/C23H34N2O5S/c1-16-12-25(17(2)15-26)31(28,29)23-10-9-19(6-5-18(3)27)11-21(23)30-22(16)14-24(4)13-20-7-8-20/h9-11,16-18,20,22,26-27H,7-8,12-15H2,1-4H3/t16-,17-,18-,22+/m0/s1. The summed E-state index contributed by atoms with van der Waals surface area (Å²) in [5, 5.41) is 19.2. The molecule has 8 heteroatoms. The fourth-order valence-electron chi connectivity index (χ4n) is 3.83. The van der Waals surface area contributed by atoms with Gasteiger partial charge in [-0.3, -0.25) is 0 Å². The number of hydrogen-bond acceptors (Lipinski definition) is 6. The molecule has 2 N–H and O–H groups in total. The third-order valence-corrected chi connectivity index (χ3v) is 7.87. The van der Waals surface area contributed by atoms with Crippen LogP contribution in [0.15, 0.2) is 23.1 Å². The molecule has 1 saturated carbocycles. The summed E-state index contributed by atoms with van der Waals surface area (Å²) in [5.41, 5.74) is 0.579. The maximum absolute atomic E-state index is 13.4. The van der Waals surface area contributed by atoms with Crippen molar-refractivity contribution in [2.75, 3.05) is 33.3 Å². The Morgan fingerprint density at radius 2 is 2.00 bits per heavy atom. The minimum Gasteiger partial charge on any atom is -0.487 e. The molecule has 1 aliphatic heterocycles. The molecule has 2 aliphatic rings. The third kappa shape index (κ3) is 5.99. The Morgan fingerprint density at radius 1 is 1.29 bits per heavy atom. The number of aliphatic hydroxyl groups excluding tert-OH is 2. The molecule has 1 fully saturated rings. The molecule has 0 aromatic heterocycles. The molecule has 172 valence electrons. The minimum absolute atomic E-state index is 0.0780. The van der Waals surface area contributed by atoms with E-state index >= 15 is 0 Å². The van der Waals surface area contributed by atoms with Crippen molar-refractivity contribution in [3.8, 4) is 17.6 Å². The first-order valence-corrected chi connectivity index (χ1v) is 12.4. The number of likely N-dealkylation sites (N-methyl/N-ethyl adjacent to an activating group) is 1. The predicted molar refractivity (Wildman–Crippen MR) is 119 cm³/mol. The van der Waals surface area contributed by atoms with E-state index in [9.17, 15) is 18.6 Å². The number of rotatable bonds is 6. The Balaban J connectivity index is 2.00. The number of benzene rings is 1.